The highest BCUT2D eigenvalue weighted by Crippen LogP contribution is 2.28. The number of carbonyl (C=O) groups is 1. The van der Waals surface area contributed by atoms with E-state index in [0.717, 1.165) is 0 Å². The summed E-state index contributed by atoms with van der Waals surface area (Å²) in [4.78, 5) is 11.4. The Morgan fingerprint density at radius 2 is 1.29 bits per heavy atom. The fraction of sp³-hybridized carbons (Fsp3) is 0.133. The van der Waals surface area contributed by atoms with E-state index in [1.54, 1.807) is 0 Å². The van der Waals surface area contributed by atoms with Gasteiger partial charge in [0, 0.05) is 12.3 Å². The second kappa shape index (κ2) is 5.96. The second-order valence-corrected chi connectivity index (χ2v) is 5.14. The number of hydrogen-bond donors (Lipinski definition) is 0. The van der Waals surface area contributed by atoms with Crippen molar-refractivity contribution in [3.8, 4) is 0 Å². The maximum Gasteiger partial charge on any atom is 0.193 e. The van der Waals surface area contributed by atoms with Crippen molar-refractivity contribution >= 4 is 26.4 Å². The smallest absolute Gasteiger partial charge is 0.193 e. The van der Waals surface area contributed by atoms with Crippen LogP contribution in [-0.2, 0) is 4.79 Å². The first-order valence-corrected chi connectivity index (χ1v) is 6.63. The molecule has 1 nitrogen and oxygen atoms in total. The van der Waals surface area contributed by atoms with Crippen molar-refractivity contribution in [2.45, 2.75) is 12.3 Å². The zero-order valence-electron chi connectivity index (χ0n) is 9.34. The predicted molar refractivity (Wildman–Crippen MR) is 78.4 cm³/mol. The highest BCUT2D eigenvalue weighted by atomic mass is 127. The number of benzene rings is 2. The van der Waals surface area contributed by atoms with Crippen LogP contribution in [0.1, 0.15) is 23.5 Å². The van der Waals surface area contributed by atoms with E-state index in [2.05, 4.69) is 24.3 Å². The Balaban J connectivity index is 2.36. The van der Waals surface area contributed by atoms with Gasteiger partial charge in [0.1, 0.15) is 0 Å². The van der Waals surface area contributed by atoms with Gasteiger partial charge in [-0.05, 0) is 33.7 Å². The molecule has 0 aliphatic rings. The van der Waals surface area contributed by atoms with Crippen LogP contribution in [0.4, 0.5) is 0 Å². The van der Waals surface area contributed by atoms with Gasteiger partial charge >= 0.3 is 0 Å². The van der Waals surface area contributed by atoms with Gasteiger partial charge in [0.2, 0.25) is 0 Å². The number of rotatable bonds is 4. The highest BCUT2D eigenvalue weighted by molar-refractivity contribution is 14.1. The summed E-state index contributed by atoms with van der Waals surface area (Å²) >= 11 is 1.87. The normalized spacial score (nSPS) is 10.5. The lowest BCUT2D eigenvalue weighted by molar-refractivity contribution is -0.109. The Morgan fingerprint density at radius 1 is 0.882 bits per heavy atom. The lowest BCUT2D eigenvalue weighted by atomic mass is 9.89. The minimum Gasteiger partial charge on any atom is -0.288 e. The zero-order valence-corrected chi connectivity index (χ0v) is 11.5. The van der Waals surface area contributed by atoms with Crippen molar-refractivity contribution in [2.24, 2.45) is 0 Å². The molecular weight excluding hydrogens is 323 g/mol. The Morgan fingerprint density at radius 3 is 1.65 bits per heavy atom. The van der Waals surface area contributed by atoms with Crippen LogP contribution >= 0.6 is 22.6 Å². The molecule has 17 heavy (non-hydrogen) atoms. The van der Waals surface area contributed by atoms with Gasteiger partial charge < -0.3 is 0 Å². The van der Waals surface area contributed by atoms with Gasteiger partial charge in [-0.25, -0.2) is 0 Å². The molecule has 0 saturated heterocycles. The van der Waals surface area contributed by atoms with Gasteiger partial charge in [0.25, 0.3) is 0 Å². The molecule has 2 heteroatoms. The molecule has 2 aromatic carbocycles. The van der Waals surface area contributed by atoms with Gasteiger partial charge in [-0.2, -0.15) is 0 Å². The molecule has 0 N–H and O–H groups in total. The van der Waals surface area contributed by atoms with Crippen molar-refractivity contribution in [2.75, 3.05) is 0 Å². The second-order valence-electron chi connectivity index (χ2n) is 3.93. The third-order valence-electron chi connectivity index (χ3n) is 2.77. The molecule has 0 radical (unpaired) electrons. The maximum absolute atomic E-state index is 11.4. The average Bonchev–Trinajstić information content (AvgIpc) is 2.38. The lowest BCUT2D eigenvalue weighted by Gasteiger charge is -2.16. The SMILES string of the molecule is O=C(I)CC(c1ccccc1)c1ccccc1. The van der Waals surface area contributed by atoms with E-state index in [4.69, 9.17) is 0 Å². The Labute approximate surface area is 115 Å². The molecule has 0 heterocycles. The molecule has 2 aromatic rings. The molecule has 0 spiro atoms. The fourth-order valence-corrected chi connectivity index (χ4v) is 2.40. The molecule has 0 saturated carbocycles. The largest absolute Gasteiger partial charge is 0.288 e. The first-order chi connectivity index (χ1) is 8.27. The molecule has 0 aliphatic heterocycles. The van der Waals surface area contributed by atoms with E-state index in [-0.39, 0.29) is 9.71 Å². The molecule has 0 bridgehead atoms. The molecule has 0 aliphatic carbocycles. The minimum atomic E-state index is 0.168. The van der Waals surface area contributed by atoms with E-state index < -0.39 is 0 Å². The highest BCUT2D eigenvalue weighted by Gasteiger charge is 2.16. The Bertz CT molecular complexity index is 439. The average molecular weight is 336 g/mol. The summed E-state index contributed by atoms with van der Waals surface area (Å²) in [6, 6.07) is 20.4. The quantitative estimate of drug-likeness (QED) is 0.605. The third kappa shape index (κ3) is 3.40. The van der Waals surface area contributed by atoms with E-state index in [1.807, 2.05) is 59.0 Å². The maximum atomic E-state index is 11.4. The summed E-state index contributed by atoms with van der Waals surface area (Å²) in [6.45, 7) is 0. The van der Waals surface area contributed by atoms with E-state index in [0.29, 0.717) is 6.42 Å². The van der Waals surface area contributed by atoms with Gasteiger partial charge in [-0.15, -0.1) is 0 Å². The van der Waals surface area contributed by atoms with Gasteiger partial charge in [0.05, 0.1) is 0 Å². The summed E-state index contributed by atoms with van der Waals surface area (Å²) in [5, 5.41) is 0. The number of hydrogen-bond acceptors (Lipinski definition) is 1. The van der Waals surface area contributed by atoms with Crippen LogP contribution in [0.3, 0.4) is 0 Å². The van der Waals surface area contributed by atoms with Crippen molar-refractivity contribution in [1.29, 1.82) is 0 Å². The summed E-state index contributed by atoms with van der Waals surface area (Å²) < 4.78 is 0.195. The molecule has 86 valence electrons. The monoisotopic (exact) mass is 336 g/mol. The van der Waals surface area contributed by atoms with Gasteiger partial charge in [-0.3, -0.25) is 4.79 Å². The van der Waals surface area contributed by atoms with Crippen LogP contribution in [0.15, 0.2) is 60.7 Å². The predicted octanol–water partition coefficient (Wildman–Crippen LogP) is 4.17. The molecule has 0 fully saturated rings. The first-order valence-electron chi connectivity index (χ1n) is 5.55. The summed E-state index contributed by atoms with van der Waals surface area (Å²) in [6.07, 6.45) is 0.550. The van der Waals surface area contributed by atoms with Crippen molar-refractivity contribution < 1.29 is 4.79 Å². The lowest BCUT2D eigenvalue weighted by Crippen LogP contribution is -2.04. The van der Waals surface area contributed by atoms with Crippen LogP contribution in [0.5, 0.6) is 0 Å². The van der Waals surface area contributed by atoms with Gasteiger partial charge in [0.15, 0.2) is 3.79 Å². The summed E-state index contributed by atoms with van der Waals surface area (Å²) in [7, 11) is 0. The summed E-state index contributed by atoms with van der Waals surface area (Å²) in [5.41, 5.74) is 2.40. The number of carbonyl (C=O) groups excluding carboxylic acids is 1. The molecule has 2 rings (SSSR count). The van der Waals surface area contributed by atoms with Crippen LogP contribution in [0.2, 0.25) is 0 Å². The van der Waals surface area contributed by atoms with E-state index in [9.17, 15) is 4.79 Å². The standard InChI is InChI=1S/C15H13IO/c16-15(17)11-14(12-7-3-1-4-8-12)13-9-5-2-6-10-13/h1-10,14H,11H2. The topological polar surface area (TPSA) is 17.1 Å². The van der Waals surface area contributed by atoms with E-state index in [1.165, 1.54) is 11.1 Å². The van der Waals surface area contributed by atoms with E-state index >= 15 is 0 Å². The molecule has 0 aromatic heterocycles. The number of halogens is 1. The summed E-state index contributed by atoms with van der Waals surface area (Å²) in [5.74, 6) is 0.168. The molecular formula is C15H13IO. The molecule has 0 unspecified atom stereocenters. The van der Waals surface area contributed by atoms with Crippen molar-refractivity contribution in [1.82, 2.24) is 0 Å². The van der Waals surface area contributed by atoms with Crippen LogP contribution in [0, 0.1) is 0 Å². The first kappa shape index (κ1) is 12.3. The third-order valence-corrected chi connectivity index (χ3v) is 3.21. The fourth-order valence-electron chi connectivity index (χ4n) is 1.96. The van der Waals surface area contributed by atoms with Crippen molar-refractivity contribution in [3.63, 3.8) is 0 Å². The molecule has 0 atom stereocenters. The van der Waals surface area contributed by atoms with Crippen LogP contribution < -0.4 is 0 Å². The van der Waals surface area contributed by atoms with Crippen LogP contribution in [-0.4, -0.2) is 3.79 Å². The van der Waals surface area contributed by atoms with Gasteiger partial charge in [-0.1, -0.05) is 60.7 Å². The Hall–Kier alpha value is -1.16. The van der Waals surface area contributed by atoms with Crippen LogP contribution in [0.25, 0.3) is 0 Å². The minimum absolute atomic E-state index is 0.168. The Kier molecular flexibility index (Phi) is 4.31. The zero-order chi connectivity index (χ0) is 12.1. The molecule has 0 amide bonds. The van der Waals surface area contributed by atoms with Crippen molar-refractivity contribution in [3.05, 3.63) is 71.8 Å².